The van der Waals surface area contributed by atoms with E-state index in [-0.39, 0.29) is 17.5 Å². The average molecular weight is 277 g/mol. The van der Waals surface area contributed by atoms with Crippen LogP contribution in [0.2, 0.25) is 0 Å². The van der Waals surface area contributed by atoms with E-state index in [4.69, 9.17) is 5.11 Å². The van der Waals surface area contributed by atoms with E-state index >= 15 is 0 Å². The number of nitrogens with zero attached hydrogens (tertiary/aromatic N) is 1. The number of aliphatic hydroxyl groups is 1. The zero-order chi connectivity index (χ0) is 13.1. The number of sulfonamides is 1. The Labute approximate surface area is 107 Å². The van der Waals surface area contributed by atoms with Crippen LogP contribution in [-0.4, -0.2) is 30.4 Å². The number of hydrogen-bond acceptors (Lipinski definition) is 4. The molecule has 98 valence electrons. The van der Waals surface area contributed by atoms with Crippen LogP contribution in [0.4, 0.5) is 0 Å². The van der Waals surface area contributed by atoms with Crippen molar-refractivity contribution in [3.05, 3.63) is 16.3 Å². The summed E-state index contributed by atoms with van der Waals surface area (Å²) >= 11 is 1.27. The van der Waals surface area contributed by atoms with Gasteiger partial charge in [0, 0.05) is 17.5 Å². The smallest absolute Gasteiger partial charge is 0.244 e. The molecule has 0 fully saturated rings. The Balaban J connectivity index is 3.17. The highest BCUT2D eigenvalue weighted by Gasteiger charge is 2.29. The molecule has 1 aromatic rings. The lowest BCUT2D eigenvalue weighted by Gasteiger charge is -2.26. The number of hydrogen-bond donors (Lipinski definition) is 1. The van der Waals surface area contributed by atoms with E-state index < -0.39 is 10.0 Å². The quantitative estimate of drug-likeness (QED) is 0.866. The molecule has 1 N–H and O–H groups in total. The summed E-state index contributed by atoms with van der Waals surface area (Å²) < 4.78 is 26.3. The maximum atomic E-state index is 12.4. The summed E-state index contributed by atoms with van der Waals surface area (Å²) in [5.74, 6) is 0. The molecule has 0 spiro atoms. The lowest BCUT2D eigenvalue weighted by atomic mass is 10.3. The lowest BCUT2D eigenvalue weighted by molar-refractivity contribution is 0.281. The fraction of sp³-hybridized carbons (Fsp3) is 0.636. The van der Waals surface area contributed by atoms with Crippen molar-refractivity contribution in [1.82, 2.24) is 4.31 Å². The summed E-state index contributed by atoms with van der Waals surface area (Å²) in [6.07, 6.45) is 0.770. The summed E-state index contributed by atoms with van der Waals surface area (Å²) in [6.45, 7) is 5.90. The highest BCUT2D eigenvalue weighted by Crippen LogP contribution is 2.26. The van der Waals surface area contributed by atoms with Crippen LogP contribution in [0.3, 0.4) is 0 Å². The van der Waals surface area contributed by atoms with Crippen LogP contribution in [0, 0.1) is 0 Å². The first kappa shape index (κ1) is 14.6. The van der Waals surface area contributed by atoms with Crippen molar-refractivity contribution in [2.45, 2.75) is 44.7 Å². The van der Waals surface area contributed by atoms with Gasteiger partial charge in [-0.1, -0.05) is 13.8 Å². The van der Waals surface area contributed by atoms with Crippen molar-refractivity contribution >= 4 is 21.4 Å². The molecule has 17 heavy (non-hydrogen) atoms. The van der Waals surface area contributed by atoms with Gasteiger partial charge in [-0.2, -0.15) is 4.31 Å². The molecule has 1 heterocycles. The molecule has 6 heteroatoms. The second-order valence-corrected chi connectivity index (χ2v) is 6.69. The molecule has 4 nitrogen and oxygen atoms in total. The normalized spacial score (nSPS) is 14.2. The minimum atomic E-state index is -3.48. The van der Waals surface area contributed by atoms with Crippen molar-refractivity contribution < 1.29 is 13.5 Å². The molecule has 1 unspecified atom stereocenters. The van der Waals surface area contributed by atoms with Gasteiger partial charge < -0.3 is 5.11 Å². The maximum Gasteiger partial charge on any atom is 0.244 e. The Hall–Kier alpha value is -0.430. The highest BCUT2D eigenvalue weighted by molar-refractivity contribution is 7.89. The first-order valence-corrected chi connectivity index (χ1v) is 8.00. The van der Waals surface area contributed by atoms with Gasteiger partial charge in [-0.05, 0) is 24.8 Å². The zero-order valence-corrected chi connectivity index (χ0v) is 12.0. The SMILES string of the molecule is CCC(C)N(CC)S(=O)(=O)c1ccsc1CO. The fourth-order valence-corrected chi connectivity index (χ4v) is 4.70. The molecule has 1 rings (SSSR count). The molecule has 0 aliphatic rings. The Morgan fingerprint density at radius 1 is 1.47 bits per heavy atom. The molecule has 0 saturated carbocycles. The number of rotatable bonds is 6. The van der Waals surface area contributed by atoms with Gasteiger partial charge >= 0.3 is 0 Å². The minimum absolute atomic E-state index is 0.0311. The monoisotopic (exact) mass is 277 g/mol. The molecule has 0 aliphatic heterocycles. The van der Waals surface area contributed by atoms with Gasteiger partial charge in [-0.25, -0.2) is 8.42 Å². The van der Waals surface area contributed by atoms with E-state index in [0.717, 1.165) is 6.42 Å². The summed E-state index contributed by atoms with van der Waals surface area (Å²) in [5, 5.41) is 10.8. The summed E-state index contributed by atoms with van der Waals surface area (Å²) in [5.41, 5.74) is 0. The van der Waals surface area contributed by atoms with Crippen LogP contribution in [-0.2, 0) is 16.6 Å². The van der Waals surface area contributed by atoms with Gasteiger partial charge in [0.2, 0.25) is 10.0 Å². The highest BCUT2D eigenvalue weighted by atomic mass is 32.2. The first-order chi connectivity index (χ1) is 7.98. The van der Waals surface area contributed by atoms with E-state index in [9.17, 15) is 8.42 Å². The molecule has 1 aromatic heterocycles. The van der Waals surface area contributed by atoms with E-state index in [1.807, 2.05) is 20.8 Å². The van der Waals surface area contributed by atoms with Crippen LogP contribution in [0.15, 0.2) is 16.3 Å². The molecule has 0 radical (unpaired) electrons. The minimum Gasteiger partial charge on any atom is -0.391 e. The third-order valence-corrected chi connectivity index (χ3v) is 6.04. The van der Waals surface area contributed by atoms with Gasteiger partial charge in [0.1, 0.15) is 0 Å². The summed E-state index contributed by atoms with van der Waals surface area (Å²) in [6, 6.07) is 1.53. The van der Waals surface area contributed by atoms with Gasteiger partial charge in [0.05, 0.1) is 11.5 Å². The molecule has 0 aliphatic carbocycles. The molecule has 0 saturated heterocycles. The second kappa shape index (κ2) is 5.95. The maximum absolute atomic E-state index is 12.4. The predicted octanol–water partition coefficient (Wildman–Crippen LogP) is 2.05. The number of aliphatic hydroxyl groups excluding tert-OH is 1. The van der Waals surface area contributed by atoms with Crippen LogP contribution in [0.5, 0.6) is 0 Å². The van der Waals surface area contributed by atoms with Crippen molar-refractivity contribution in [3.8, 4) is 0 Å². The molecular weight excluding hydrogens is 258 g/mol. The van der Waals surface area contributed by atoms with Crippen LogP contribution < -0.4 is 0 Å². The predicted molar refractivity (Wildman–Crippen MR) is 69.6 cm³/mol. The fourth-order valence-electron chi connectivity index (χ4n) is 1.72. The molecule has 0 amide bonds. The van der Waals surface area contributed by atoms with Crippen molar-refractivity contribution in [2.24, 2.45) is 0 Å². The standard InChI is InChI=1S/C11H19NO3S2/c1-4-9(3)12(5-2)17(14,15)11-6-7-16-10(11)8-13/h6-7,9,13H,4-5,8H2,1-3H3. The van der Waals surface area contributed by atoms with Crippen LogP contribution in [0.25, 0.3) is 0 Å². The molecule has 0 aromatic carbocycles. The Kier molecular flexibility index (Phi) is 5.12. The Morgan fingerprint density at radius 2 is 2.12 bits per heavy atom. The lowest BCUT2D eigenvalue weighted by Crippen LogP contribution is -2.38. The van der Waals surface area contributed by atoms with E-state index in [2.05, 4.69) is 0 Å². The Morgan fingerprint density at radius 3 is 2.59 bits per heavy atom. The van der Waals surface area contributed by atoms with Gasteiger partial charge in [0.15, 0.2) is 0 Å². The van der Waals surface area contributed by atoms with E-state index in [1.165, 1.54) is 15.6 Å². The Bertz CT molecular complexity index is 453. The second-order valence-electron chi connectivity index (χ2n) is 3.83. The van der Waals surface area contributed by atoms with Crippen molar-refractivity contribution in [2.75, 3.05) is 6.54 Å². The summed E-state index contributed by atoms with van der Waals surface area (Å²) in [4.78, 5) is 0.749. The summed E-state index contributed by atoms with van der Waals surface area (Å²) in [7, 11) is -3.48. The molecule has 1 atom stereocenters. The molecular formula is C11H19NO3S2. The largest absolute Gasteiger partial charge is 0.391 e. The third-order valence-electron chi connectivity index (χ3n) is 2.83. The van der Waals surface area contributed by atoms with Gasteiger partial charge in [-0.3, -0.25) is 0 Å². The number of thiophene rings is 1. The zero-order valence-electron chi connectivity index (χ0n) is 10.4. The third kappa shape index (κ3) is 2.88. The van der Waals surface area contributed by atoms with Crippen molar-refractivity contribution in [1.29, 1.82) is 0 Å². The van der Waals surface area contributed by atoms with Gasteiger partial charge in [0.25, 0.3) is 0 Å². The first-order valence-electron chi connectivity index (χ1n) is 5.68. The molecule has 0 bridgehead atoms. The van der Waals surface area contributed by atoms with Gasteiger partial charge in [-0.15, -0.1) is 11.3 Å². The van der Waals surface area contributed by atoms with Crippen molar-refractivity contribution in [3.63, 3.8) is 0 Å². The van der Waals surface area contributed by atoms with Crippen LogP contribution >= 0.6 is 11.3 Å². The van der Waals surface area contributed by atoms with Crippen LogP contribution in [0.1, 0.15) is 32.1 Å². The van der Waals surface area contributed by atoms with E-state index in [0.29, 0.717) is 11.4 Å². The average Bonchev–Trinajstić information content (AvgIpc) is 2.78. The van der Waals surface area contributed by atoms with E-state index in [1.54, 1.807) is 11.4 Å². The topological polar surface area (TPSA) is 57.6 Å².